The van der Waals surface area contributed by atoms with E-state index < -0.39 is 6.04 Å². The van der Waals surface area contributed by atoms with E-state index in [1.165, 1.54) is 11.1 Å². The molecule has 29 heavy (non-hydrogen) atoms. The van der Waals surface area contributed by atoms with Crippen molar-refractivity contribution in [1.82, 2.24) is 10.2 Å². The van der Waals surface area contributed by atoms with Crippen molar-refractivity contribution in [1.29, 1.82) is 0 Å². The Bertz CT molecular complexity index is 860. The zero-order valence-corrected chi connectivity index (χ0v) is 19.2. The smallest absolute Gasteiger partial charge is 0.242 e. The Morgan fingerprint density at radius 3 is 2.48 bits per heavy atom. The van der Waals surface area contributed by atoms with Gasteiger partial charge in [-0.05, 0) is 36.6 Å². The van der Waals surface area contributed by atoms with Crippen LogP contribution in [0.4, 0.5) is 0 Å². The quantitative estimate of drug-likeness (QED) is 0.576. The molecule has 2 aromatic rings. The second kappa shape index (κ2) is 11.5. The lowest BCUT2D eigenvalue weighted by Gasteiger charge is -2.30. The molecule has 0 aliphatic rings. The van der Waals surface area contributed by atoms with E-state index in [2.05, 4.69) is 17.4 Å². The molecule has 2 aromatic carbocycles. The van der Waals surface area contributed by atoms with Crippen LogP contribution in [0.25, 0.3) is 0 Å². The molecule has 0 saturated carbocycles. The van der Waals surface area contributed by atoms with E-state index in [-0.39, 0.29) is 11.8 Å². The zero-order chi connectivity index (χ0) is 21.4. The molecule has 0 saturated heterocycles. The molecule has 2 amide bonds. The van der Waals surface area contributed by atoms with Gasteiger partial charge in [-0.25, -0.2) is 0 Å². The summed E-state index contributed by atoms with van der Waals surface area (Å²) in [7, 11) is 1.58. The summed E-state index contributed by atoms with van der Waals surface area (Å²) >= 11 is 13.7. The number of nitrogens with zero attached hydrogens (tertiary/aromatic N) is 1. The molecule has 0 fully saturated rings. The fraction of sp³-hybridized carbons (Fsp3) is 0.364. The van der Waals surface area contributed by atoms with E-state index in [0.717, 1.165) is 11.3 Å². The third-order valence-electron chi connectivity index (χ3n) is 4.55. The normalized spacial score (nSPS) is 11.8. The topological polar surface area (TPSA) is 49.4 Å². The minimum atomic E-state index is -0.540. The standard InChI is InChI=1S/C22H26Cl2N2O2S/c1-4-20(22(28)25-3)26(12-16-8-9-18(23)19(24)11-16)21(27)14-29-13-17-7-5-6-15(2)10-17/h5-11,20H,4,12-14H2,1-3H3,(H,25,28). The summed E-state index contributed by atoms with van der Waals surface area (Å²) in [5.41, 5.74) is 3.21. The number of benzene rings is 2. The maximum atomic E-state index is 13.0. The molecule has 156 valence electrons. The molecule has 0 aromatic heterocycles. The molecule has 0 heterocycles. The van der Waals surface area contributed by atoms with Crippen LogP contribution in [-0.2, 0) is 21.9 Å². The molecule has 1 N–H and O–H groups in total. The van der Waals surface area contributed by atoms with E-state index >= 15 is 0 Å². The monoisotopic (exact) mass is 452 g/mol. The summed E-state index contributed by atoms with van der Waals surface area (Å²) in [5, 5.41) is 3.55. The van der Waals surface area contributed by atoms with Crippen LogP contribution in [0, 0.1) is 6.92 Å². The van der Waals surface area contributed by atoms with Crippen LogP contribution in [0.3, 0.4) is 0 Å². The van der Waals surface area contributed by atoms with Crippen molar-refractivity contribution in [2.45, 2.75) is 38.6 Å². The lowest BCUT2D eigenvalue weighted by atomic mass is 10.1. The Kier molecular flexibility index (Phi) is 9.34. The predicted octanol–water partition coefficient (Wildman–Crippen LogP) is 5.09. The molecule has 0 bridgehead atoms. The van der Waals surface area contributed by atoms with Gasteiger partial charge in [-0.2, -0.15) is 0 Å². The predicted molar refractivity (Wildman–Crippen MR) is 122 cm³/mol. The van der Waals surface area contributed by atoms with Crippen molar-refractivity contribution in [2.24, 2.45) is 0 Å². The van der Waals surface area contributed by atoms with Gasteiger partial charge in [0.05, 0.1) is 15.8 Å². The Morgan fingerprint density at radius 1 is 1.10 bits per heavy atom. The van der Waals surface area contributed by atoms with Gasteiger partial charge in [-0.1, -0.05) is 66.0 Å². The van der Waals surface area contributed by atoms with Crippen molar-refractivity contribution in [2.75, 3.05) is 12.8 Å². The van der Waals surface area contributed by atoms with Gasteiger partial charge in [0.15, 0.2) is 0 Å². The maximum absolute atomic E-state index is 13.0. The summed E-state index contributed by atoms with van der Waals surface area (Å²) in [4.78, 5) is 27.0. The fourth-order valence-corrected chi connectivity index (χ4v) is 4.24. The van der Waals surface area contributed by atoms with Gasteiger partial charge in [0.1, 0.15) is 6.04 Å². The van der Waals surface area contributed by atoms with Crippen molar-refractivity contribution < 1.29 is 9.59 Å². The number of amides is 2. The first-order valence-corrected chi connectivity index (χ1v) is 11.3. The first-order chi connectivity index (χ1) is 13.8. The molecular formula is C22H26Cl2N2O2S. The fourth-order valence-electron chi connectivity index (χ4n) is 3.06. The molecular weight excluding hydrogens is 427 g/mol. The van der Waals surface area contributed by atoms with Gasteiger partial charge in [0.2, 0.25) is 11.8 Å². The first-order valence-electron chi connectivity index (χ1n) is 9.44. The molecule has 2 rings (SSSR count). The number of likely N-dealkylation sites (N-methyl/N-ethyl adjacent to an activating group) is 1. The third-order valence-corrected chi connectivity index (χ3v) is 6.27. The number of halogens is 2. The second-order valence-electron chi connectivity index (χ2n) is 6.79. The lowest BCUT2D eigenvalue weighted by Crippen LogP contribution is -2.48. The highest BCUT2D eigenvalue weighted by Crippen LogP contribution is 2.24. The van der Waals surface area contributed by atoms with Gasteiger partial charge in [0.25, 0.3) is 0 Å². The van der Waals surface area contributed by atoms with Crippen LogP contribution in [0.2, 0.25) is 10.0 Å². The zero-order valence-electron chi connectivity index (χ0n) is 16.9. The Labute approximate surface area is 187 Å². The van der Waals surface area contributed by atoms with Gasteiger partial charge in [0, 0.05) is 19.3 Å². The number of hydrogen-bond acceptors (Lipinski definition) is 3. The van der Waals surface area contributed by atoms with Crippen LogP contribution in [0.15, 0.2) is 42.5 Å². The number of hydrogen-bond donors (Lipinski definition) is 1. The van der Waals surface area contributed by atoms with Crippen LogP contribution < -0.4 is 5.32 Å². The Balaban J connectivity index is 2.13. The molecule has 7 heteroatoms. The minimum Gasteiger partial charge on any atom is -0.357 e. The molecule has 0 aliphatic carbocycles. The SMILES string of the molecule is CCC(C(=O)NC)N(Cc1ccc(Cl)c(Cl)c1)C(=O)CSCc1cccc(C)c1. The van der Waals surface area contributed by atoms with Gasteiger partial charge >= 0.3 is 0 Å². The summed E-state index contributed by atoms with van der Waals surface area (Å²) in [6.07, 6.45) is 0.523. The Morgan fingerprint density at radius 2 is 1.86 bits per heavy atom. The van der Waals surface area contributed by atoms with Crippen LogP contribution in [-0.4, -0.2) is 35.6 Å². The highest BCUT2D eigenvalue weighted by Gasteiger charge is 2.28. The largest absolute Gasteiger partial charge is 0.357 e. The lowest BCUT2D eigenvalue weighted by molar-refractivity contribution is -0.139. The minimum absolute atomic E-state index is 0.0795. The van der Waals surface area contributed by atoms with Crippen LogP contribution in [0.5, 0.6) is 0 Å². The van der Waals surface area contributed by atoms with Gasteiger partial charge in [-0.3, -0.25) is 9.59 Å². The molecule has 1 atom stereocenters. The maximum Gasteiger partial charge on any atom is 0.242 e. The summed E-state index contributed by atoms with van der Waals surface area (Å²) in [6, 6.07) is 13.0. The molecule has 4 nitrogen and oxygen atoms in total. The molecule has 0 aliphatic heterocycles. The number of carbonyl (C=O) groups excluding carboxylic acids is 2. The summed E-state index contributed by atoms with van der Waals surface area (Å²) in [6.45, 7) is 4.25. The number of carbonyl (C=O) groups is 2. The van der Waals surface area contributed by atoms with E-state index in [4.69, 9.17) is 23.2 Å². The van der Waals surface area contributed by atoms with Crippen molar-refractivity contribution in [3.8, 4) is 0 Å². The summed E-state index contributed by atoms with van der Waals surface area (Å²) in [5.74, 6) is 0.780. The first kappa shape index (κ1) is 23.6. The number of thioether (sulfide) groups is 1. The number of rotatable bonds is 9. The Hall–Kier alpha value is -1.69. The van der Waals surface area contributed by atoms with E-state index in [1.54, 1.807) is 35.8 Å². The molecule has 0 spiro atoms. The highest BCUT2D eigenvalue weighted by molar-refractivity contribution is 7.99. The molecule has 1 unspecified atom stereocenters. The second-order valence-corrected chi connectivity index (χ2v) is 8.59. The van der Waals surface area contributed by atoms with Crippen molar-refractivity contribution in [3.05, 3.63) is 69.2 Å². The van der Waals surface area contributed by atoms with Gasteiger partial charge < -0.3 is 10.2 Å². The average Bonchev–Trinajstić information content (AvgIpc) is 2.70. The van der Waals surface area contributed by atoms with Gasteiger partial charge in [-0.15, -0.1) is 11.8 Å². The van der Waals surface area contributed by atoms with Crippen molar-refractivity contribution >= 4 is 46.8 Å². The number of nitrogens with one attached hydrogen (secondary N) is 1. The van der Waals surface area contributed by atoms with Crippen molar-refractivity contribution in [3.63, 3.8) is 0 Å². The average molecular weight is 453 g/mol. The van der Waals surface area contributed by atoms with E-state index in [0.29, 0.717) is 28.8 Å². The highest BCUT2D eigenvalue weighted by atomic mass is 35.5. The third kappa shape index (κ3) is 6.95. The number of aryl methyl sites for hydroxylation is 1. The molecule has 0 radical (unpaired) electrons. The van der Waals surface area contributed by atoms with E-state index in [1.807, 2.05) is 32.0 Å². The van der Waals surface area contributed by atoms with Crippen LogP contribution >= 0.6 is 35.0 Å². The van der Waals surface area contributed by atoms with Crippen LogP contribution in [0.1, 0.15) is 30.0 Å². The summed E-state index contributed by atoms with van der Waals surface area (Å²) < 4.78 is 0. The van der Waals surface area contributed by atoms with E-state index in [9.17, 15) is 9.59 Å².